The Labute approximate surface area is 587 Å². The molecule has 3 atom stereocenters. The van der Waals surface area contributed by atoms with Crippen LogP contribution in [0.4, 0.5) is 35.0 Å². The number of fused-ring (bicyclic) bond motifs is 4. The molecule has 5 aliphatic heterocycles. The number of carbonyl (C=O) groups is 9. The molecule has 3 saturated heterocycles. The van der Waals surface area contributed by atoms with Crippen LogP contribution in [0, 0.1) is 28.3 Å². The van der Waals surface area contributed by atoms with Gasteiger partial charge in [-0.05, 0) is 139 Å². The molecule has 526 valence electrons. The number of ether oxygens (including phenoxy) is 2. The molecule has 0 spiro atoms. The normalized spacial score (nSPS) is 17.5. The summed E-state index contributed by atoms with van der Waals surface area (Å²) in [5.41, 5.74) is 9.28. The maximum Gasteiger partial charge on any atom is 0.410 e. The number of carboxylic acids is 1. The minimum atomic E-state index is -1.06. The summed E-state index contributed by atoms with van der Waals surface area (Å²) in [4.78, 5) is 120. The number of methoxy groups -OCH3 is 1. The van der Waals surface area contributed by atoms with Gasteiger partial charge in [-0.25, -0.2) is 22.8 Å². The van der Waals surface area contributed by atoms with Crippen molar-refractivity contribution in [3.63, 3.8) is 0 Å². The lowest BCUT2D eigenvalue weighted by Gasteiger charge is -2.40. The number of nitrogens with one attached hydrogen (secondary N) is 3. The molecule has 0 aromatic heterocycles. The van der Waals surface area contributed by atoms with Gasteiger partial charge < -0.3 is 60.8 Å². The van der Waals surface area contributed by atoms with Gasteiger partial charge in [-0.1, -0.05) is 94.5 Å². The lowest BCUT2D eigenvalue weighted by Crippen LogP contribution is -2.60. The summed E-state index contributed by atoms with van der Waals surface area (Å²) < 4.78 is 53.4. The molecule has 99 heavy (non-hydrogen) atoms. The zero-order valence-electron chi connectivity index (χ0n) is 56.4. The molecule has 11 rings (SSSR count). The largest absolute Gasteiger partial charge is 0.481 e. The van der Waals surface area contributed by atoms with E-state index in [9.17, 15) is 56.3 Å². The van der Waals surface area contributed by atoms with Crippen molar-refractivity contribution < 1.29 is 70.9 Å². The van der Waals surface area contributed by atoms with Crippen molar-refractivity contribution in [3.05, 3.63) is 158 Å². The number of halogens is 6. The fourth-order valence-electron chi connectivity index (χ4n) is 11.5. The SMILES string of the molecule is CC(C)(C)CC(=O)N1CCN2C(=O)c3cc(-c4ccc(Cl)cc4F)ccc3NC(=O)C2C1.CC(C)(C)CC(=O)O.COC(=O)C1CN(C(=O)OC(C)(C)C)CCN1C(=O)c1cc(-c2ccc(Cl)cc2F)ccc1N.O=C1Nc2ccc(-c3ccc(Cl)cc3F)cc2C(=O)N2CCNCC12. The minimum absolute atomic E-state index is 0.0281. The highest BCUT2D eigenvalue weighted by molar-refractivity contribution is 6.31. The van der Waals surface area contributed by atoms with E-state index in [0.717, 1.165) is 0 Å². The molecule has 5 aliphatic rings. The predicted octanol–water partition coefficient (Wildman–Crippen LogP) is 12.2. The lowest BCUT2D eigenvalue weighted by atomic mass is 9.91. The van der Waals surface area contributed by atoms with Crippen molar-refractivity contribution in [1.82, 2.24) is 29.8 Å². The second kappa shape index (κ2) is 31.3. The van der Waals surface area contributed by atoms with Crippen molar-refractivity contribution in [2.45, 2.75) is 98.9 Å². The Kier molecular flexibility index (Phi) is 23.9. The van der Waals surface area contributed by atoms with E-state index in [2.05, 4.69) is 16.0 Å². The average Bonchev–Trinajstić information content (AvgIpc) is 1.72. The van der Waals surface area contributed by atoms with Crippen LogP contribution in [-0.2, 0) is 33.4 Å². The number of carboxylic acid groups (broad SMARTS) is 1. The number of hydrogen-bond donors (Lipinski definition) is 5. The van der Waals surface area contributed by atoms with Gasteiger partial charge in [0.15, 0.2) is 0 Å². The third kappa shape index (κ3) is 19.2. The summed E-state index contributed by atoms with van der Waals surface area (Å²) in [7, 11) is 1.20. The van der Waals surface area contributed by atoms with E-state index in [-0.39, 0.29) is 106 Å². The van der Waals surface area contributed by atoms with Crippen molar-refractivity contribution in [1.29, 1.82) is 0 Å². The Morgan fingerprint density at radius 3 is 1.48 bits per heavy atom. The number of carbonyl (C=O) groups excluding carboxylic acids is 8. The quantitative estimate of drug-likeness (QED) is 0.0735. The zero-order chi connectivity index (χ0) is 72.7. The number of piperazine rings is 3. The van der Waals surface area contributed by atoms with E-state index in [1.165, 1.54) is 58.2 Å². The number of rotatable bonds is 7. The van der Waals surface area contributed by atoms with E-state index in [1.807, 2.05) is 41.5 Å². The summed E-state index contributed by atoms with van der Waals surface area (Å²) >= 11 is 17.5. The van der Waals surface area contributed by atoms with Crippen LogP contribution in [0.5, 0.6) is 0 Å². The van der Waals surface area contributed by atoms with E-state index in [4.69, 9.17) is 55.1 Å². The number of nitrogens with two attached hydrogens (primary N) is 1. The molecular formula is C72H79Cl3F3N9O12. The number of nitrogen functional groups attached to an aromatic ring is 1. The molecular weight excluding hydrogens is 1350 g/mol. The average molecular weight is 1430 g/mol. The number of esters is 1. The highest BCUT2D eigenvalue weighted by Crippen LogP contribution is 2.36. The van der Waals surface area contributed by atoms with Gasteiger partial charge in [0, 0.05) is 89.7 Å². The summed E-state index contributed by atoms with van der Waals surface area (Å²) in [6, 6.07) is 25.0. The monoisotopic (exact) mass is 1420 g/mol. The topological polar surface area (TPSA) is 271 Å². The smallest absolute Gasteiger partial charge is 0.410 e. The number of benzene rings is 6. The first-order valence-corrected chi connectivity index (χ1v) is 32.9. The third-order valence-electron chi connectivity index (χ3n) is 16.3. The Morgan fingerprint density at radius 2 is 1.03 bits per heavy atom. The Hall–Kier alpha value is -9.23. The van der Waals surface area contributed by atoms with Gasteiger partial charge in [0.25, 0.3) is 17.7 Å². The van der Waals surface area contributed by atoms with Gasteiger partial charge in [0.2, 0.25) is 17.7 Å². The van der Waals surface area contributed by atoms with Crippen molar-refractivity contribution in [2.24, 2.45) is 10.8 Å². The molecule has 6 aromatic carbocycles. The van der Waals surface area contributed by atoms with Gasteiger partial charge in [-0.2, -0.15) is 0 Å². The second-order valence-corrected chi connectivity index (χ2v) is 28.9. The molecule has 0 aliphatic carbocycles. The van der Waals surface area contributed by atoms with Crippen LogP contribution in [0.2, 0.25) is 15.1 Å². The molecule has 6 N–H and O–H groups in total. The molecule has 0 saturated carbocycles. The number of amides is 7. The summed E-state index contributed by atoms with van der Waals surface area (Å²) in [5, 5.41) is 17.8. The summed E-state index contributed by atoms with van der Waals surface area (Å²) in [5.74, 6) is -4.57. The van der Waals surface area contributed by atoms with Crippen molar-refractivity contribution in [2.75, 3.05) is 82.4 Å². The number of hydrogen-bond acceptors (Lipinski definition) is 13. The van der Waals surface area contributed by atoms with E-state index in [1.54, 1.807) is 103 Å². The van der Waals surface area contributed by atoms with E-state index < -0.39 is 65.1 Å². The number of aliphatic carboxylic acids is 1. The first-order chi connectivity index (χ1) is 46.4. The van der Waals surface area contributed by atoms with Crippen LogP contribution in [-0.4, -0.2) is 173 Å². The van der Waals surface area contributed by atoms with Crippen LogP contribution < -0.4 is 21.7 Å². The van der Waals surface area contributed by atoms with Crippen LogP contribution in [0.3, 0.4) is 0 Å². The Bertz CT molecular complexity index is 4140. The Morgan fingerprint density at radius 1 is 0.566 bits per heavy atom. The molecule has 6 aromatic rings. The fraction of sp³-hybridized carbons (Fsp3) is 0.375. The lowest BCUT2D eigenvalue weighted by molar-refractivity contribution is -0.148. The van der Waals surface area contributed by atoms with Gasteiger partial charge in [-0.3, -0.25) is 33.6 Å². The maximum atomic E-state index is 14.5. The molecule has 7 amide bonds. The number of anilines is 3. The van der Waals surface area contributed by atoms with Gasteiger partial charge in [-0.15, -0.1) is 0 Å². The molecule has 27 heteroatoms. The van der Waals surface area contributed by atoms with Crippen LogP contribution in [0.15, 0.2) is 109 Å². The number of nitrogens with zero attached hydrogens (tertiary/aromatic N) is 5. The summed E-state index contributed by atoms with van der Waals surface area (Å²) in [6.45, 7) is 19.3. The van der Waals surface area contributed by atoms with Crippen molar-refractivity contribution >= 4 is 105 Å². The minimum Gasteiger partial charge on any atom is -0.481 e. The van der Waals surface area contributed by atoms with Gasteiger partial charge in [0.1, 0.15) is 41.2 Å². The van der Waals surface area contributed by atoms with Gasteiger partial charge >= 0.3 is 18.0 Å². The highest BCUT2D eigenvalue weighted by atomic mass is 35.5. The highest BCUT2D eigenvalue weighted by Gasteiger charge is 2.43. The Balaban J connectivity index is 0.000000180. The fourth-order valence-corrected chi connectivity index (χ4v) is 12.0. The predicted molar refractivity (Wildman–Crippen MR) is 372 cm³/mol. The van der Waals surface area contributed by atoms with Gasteiger partial charge in [0.05, 0.1) is 54.7 Å². The third-order valence-corrected chi connectivity index (χ3v) is 17.0. The van der Waals surface area contributed by atoms with Crippen molar-refractivity contribution in [3.8, 4) is 33.4 Å². The first-order valence-electron chi connectivity index (χ1n) is 31.8. The maximum absolute atomic E-state index is 14.5. The molecule has 5 heterocycles. The molecule has 21 nitrogen and oxygen atoms in total. The zero-order valence-corrected chi connectivity index (χ0v) is 58.7. The van der Waals surface area contributed by atoms with E-state index in [0.29, 0.717) is 87.9 Å². The van der Waals surface area contributed by atoms with Crippen LogP contribution in [0.25, 0.3) is 33.4 Å². The van der Waals surface area contributed by atoms with Crippen LogP contribution >= 0.6 is 34.8 Å². The summed E-state index contributed by atoms with van der Waals surface area (Å²) in [6.07, 6.45) is 0.0200. The standard InChI is InChI=1S/C24H27ClFN3O5.C24H25ClFN3O3.C18H15ClFN3O2.C6H12O2/c1-24(2,3)34-23(32)28-9-10-29(20(13-28)22(31)33-4)21(30)17-11-14(5-8-19(17)27)16-7-6-15(25)12-18(16)26;1-24(2,3)12-21(30)28-8-9-29-20(13-28)22(31)27-19-7-4-14(10-17(19)23(29)32)16-6-5-15(25)11-18(16)26;19-11-2-3-12(14(20)8-11)10-1-4-15-13(7-10)18(25)23-6-5-21-9-16(23)17(24)22-15;1-6(2,3)4-5(7)8/h5-8,11-12,20H,9-10,13,27H2,1-4H3;4-7,10-11,20H,8-9,12-13H2,1-3H3,(H,27,31);1-4,7-8,16,21H,5-6,9H2,(H,22,24);4H2,1-3H3,(H,7,8). The molecule has 3 unspecified atom stereocenters. The molecule has 0 bridgehead atoms. The first kappa shape index (κ1) is 75.5. The molecule has 0 radical (unpaired) electrons. The van der Waals surface area contributed by atoms with Crippen LogP contribution in [0.1, 0.15) is 106 Å². The second-order valence-electron chi connectivity index (χ2n) is 27.6. The molecule has 3 fully saturated rings. The van der Waals surface area contributed by atoms with E-state index >= 15 is 0 Å².